The van der Waals surface area contributed by atoms with Crippen molar-refractivity contribution in [3.8, 4) is 0 Å². The van der Waals surface area contributed by atoms with Gasteiger partial charge in [0.2, 0.25) is 5.95 Å². The van der Waals surface area contributed by atoms with Crippen molar-refractivity contribution >= 4 is 32.9 Å². The average Bonchev–Trinajstić information content (AvgIpc) is 2.82. The minimum Gasteiger partial charge on any atom is -0.356 e. The number of fused-ring (bicyclic) bond motifs is 5. The second kappa shape index (κ2) is 7.13. The molecular formula is C20H28BrN5O2. The first-order chi connectivity index (χ1) is 13.5. The highest BCUT2D eigenvalue weighted by atomic mass is 79.9. The Balaban J connectivity index is 1.61. The molecule has 0 spiro atoms. The Hall–Kier alpha value is -1.41. The Morgan fingerprint density at radius 3 is 2.79 bits per heavy atom. The van der Waals surface area contributed by atoms with E-state index in [0.29, 0.717) is 27.5 Å². The van der Waals surface area contributed by atoms with Crippen LogP contribution in [0.25, 0.3) is 11.0 Å². The van der Waals surface area contributed by atoms with Crippen molar-refractivity contribution in [2.75, 3.05) is 24.6 Å². The molecule has 4 aliphatic rings. The molecule has 2 aromatic heterocycles. The first-order valence-corrected chi connectivity index (χ1v) is 11.3. The molecule has 0 radical (unpaired) electrons. The SMILES string of the molecule is C[C@@H]1C[C@H]2CC[C@@H]1CN(c1nc3c(c(Br)nn3C3CCCCO3)c(=O)n1C)C2. The zero-order chi connectivity index (χ0) is 19.4. The highest BCUT2D eigenvalue weighted by Crippen LogP contribution is 2.39. The molecule has 1 aliphatic carbocycles. The van der Waals surface area contributed by atoms with Gasteiger partial charge in [-0.1, -0.05) is 6.92 Å². The normalized spacial score (nSPS) is 30.8. The zero-order valence-corrected chi connectivity index (χ0v) is 18.2. The summed E-state index contributed by atoms with van der Waals surface area (Å²) in [6.07, 6.45) is 6.81. The fraction of sp³-hybridized carbons (Fsp3) is 0.750. The van der Waals surface area contributed by atoms with Crippen LogP contribution in [0.1, 0.15) is 51.7 Å². The monoisotopic (exact) mass is 449 g/mol. The van der Waals surface area contributed by atoms with Crippen molar-refractivity contribution in [1.82, 2.24) is 19.3 Å². The van der Waals surface area contributed by atoms with Crippen molar-refractivity contribution < 1.29 is 4.74 Å². The summed E-state index contributed by atoms with van der Waals surface area (Å²) in [5.41, 5.74) is 0.597. The summed E-state index contributed by atoms with van der Waals surface area (Å²) in [5.74, 6) is 2.90. The van der Waals surface area contributed by atoms with E-state index < -0.39 is 0 Å². The number of aromatic nitrogens is 4. The average molecular weight is 450 g/mol. The van der Waals surface area contributed by atoms with E-state index in [2.05, 4.69) is 32.9 Å². The predicted octanol–water partition coefficient (Wildman–Crippen LogP) is 3.46. The smallest absolute Gasteiger partial charge is 0.266 e. The number of ether oxygens (including phenoxy) is 1. The minimum atomic E-state index is -0.143. The van der Waals surface area contributed by atoms with Gasteiger partial charge >= 0.3 is 0 Å². The van der Waals surface area contributed by atoms with Gasteiger partial charge in [0.15, 0.2) is 11.9 Å². The summed E-state index contributed by atoms with van der Waals surface area (Å²) in [4.78, 5) is 20.6. The number of hydrogen-bond donors (Lipinski definition) is 0. The van der Waals surface area contributed by atoms with Gasteiger partial charge in [-0.05, 0) is 72.2 Å². The first kappa shape index (κ1) is 18.6. The highest BCUT2D eigenvalue weighted by molar-refractivity contribution is 9.10. The van der Waals surface area contributed by atoms with Crippen LogP contribution < -0.4 is 10.5 Å². The molecule has 5 heterocycles. The van der Waals surface area contributed by atoms with Crippen LogP contribution in [0.15, 0.2) is 9.40 Å². The molecule has 0 amide bonds. The summed E-state index contributed by atoms with van der Waals surface area (Å²) in [6, 6.07) is 0. The van der Waals surface area contributed by atoms with Crippen molar-refractivity contribution in [3.05, 3.63) is 15.0 Å². The number of hydrogen-bond acceptors (Lipinski definition) is 5. The Morgan fingerprint density at radius 2 is 2.04 bits per heavy atom. The summed E-state index contributed by atoms with van der Waals surface area (Å²) in [6.45, 7) is 5.08. The minimum absolute atomic E-state index is 0.0430. The van der Waals surface area contributed by atoms with Crippen LogP contribution in [0.3, 0.4) is 0 Å². The maximum absolute atomic E-state index is 13.2. The zero-order valence-electron chi connectivity index (χ0n) is 16.6. The standard InChI is InChI=1S/C20H28BrN5O2/c1-12-9-13-6-7-14(12)11-25(10-13)20-22-18-16(19(27)24(20)2)17(21)23-26(18)15-5-3-4-8-28-15/h12-15H,3-11H2,1-2H3/t12-,13-,14-,15?/m1/s1. The number of nitrogens with zero attached hydrogens (tertiary/aromatic N) is 5. The molecule has 0 aromatic carbocycles. The first-order valence-electron chi connectivity index (χ1n) is 10.5. The third-order valence-electron chi connectivity index (χ3n) is 6.97. The second-order valence-corrected chi connectivity index (χ2v) is 9.60. The summed E-state index contributed by atoms with van der Waals surface area (Å²) >= 11 is 3.48. The van der Waals surface area contributed by atoms with Crippen molar-refractivity contribution in [2.24, 2.45) is 24.8 Å². The van der Waals surface area contributed by atoms with Gasteiger partial charge < -0.3 is 9.64 Å². The van der Waals surface area contributed by atoms with Crippen molar-refractivity contribution in [2.45, 2.75) is 51.7 Å². The van der Waals surface area contributed by atoms with Crippen molar-refractivity contribution in [3.63, 3.8) is 0 Å². The maximum Gasteiger partial charge on any atom is 0.266 e. The van der Waals surface area contributed by atoms with E-state index in [-0.39, 0.29) is 11.8 Å². The van der Waals surface area contributed by atoms with Crippen LogP contribution in [0.4, 0.5) is 5.95 Å². The van der Waals surface area contributed by atoms with Crippen LogP contribution in [0, 0.1) is 17.8 Å². The van der Waals surface area contributed by atoms with Gasteiger partial charge in [0, 0.05) is 26.7 Å². The Morgan fingerprint density at radius 1 is 1.18 bits per heavy atom. The van der Waals surface area contributed by atoms with Gasteiger partial charge in [-0.3, -0.25) is 9.36 Å². The lowest BCUT2D eigenvalue weighted by molar-refractivity contribution is -0.0371. The van der Waals surface area contributed by atoms with Crippen LogP contribution >= 0.6 is 15.9 Å². The molecule has 4 fully saturated rings. The van der Waals surface area contributed by atoms with E-state index >= 15 is 0 Å². The van der Waals surface area contributed by atoms with Crippen LogP contribution in [-0.4, -0.2) is 39.0 Å². The largest absolute Gasteiger partial charge is 0.356 e. The molecule has 2 aromatic rings. The van der Waals surface area contributed by atoms with Gasteiger partial charge in [0.05, 0.1) is 0 Å². The highest BCUT2D eigenvalue weighted by Gasteiger charge is 2.36. The molecule has 4 atom stereocenters. The van der Waals surface area contributed by atoms with Gasteiger partial charge in [-0.2, -0.15) is 10.1 Å². The molecule has 1 saturated carbocycles. The summed E-state index contributed by atoms with van der Waals surface area (Å²) < 4.78 is 10.0. The lowest BCUT2D eigenvalue weighted by atomic mass is 9.77. The van der Waals surface area contributed by atoms with Crippen LogP contribution in [0.2, 0.25) is 0 Å². The van der Waals surface area contributed by atoms with E-state index in [1.54, 1.807) is 4.57 Å². The molecule has 152 valence electrons. The van der Waals surface area contributed by atoms with E-state index in [9.17, 15) is 4.79 Å². The third kappa shape index (κ3) is 3.00. The molecule has 2 bridgehead atoms. The van der Waals surface area contributed by atoms with Gasteiger partial charge in [-0.25, -0.2) is 4.68 Å². The lowest BCUT2D eigenvalue weighted by Gasteiger charge is -2.28. The van der Waals surface area contributed by atoms with Crippen LogP contribution in [0.5, 0.6) is 0 Å². The Labute approximate surface area is 173 Å². The molecule has 6 rings (SSSR count). The topological polar surface area (TPSA) is 65.2 Å². The quantitative estimate of drug-likeness (QED) is 0.701. The van der Waals surface area contributed by atoms with Crippen LogP contribution in [-0.2, 0) is 11.8 Å². The molecule has 8 heteroatoms. The molecule has 28 heavy (non-hydrogen) atoms. The second-order valence-electron chi connectivity index (χ2n) is 8.85. The molecule has 3 saturated heterocycles. The van der Waals surface area contributed by atoms with Gasteiger partial charge in [0.1, 0.15) is 9.99 Å². The maximum atomic E-state index is 13.2. The predicted molar refractivity (Wildman–Crippen MR) is 112 cm³/mol. The van der Waals surface area contributed by atoms with E-state index in [1.165, 1.54) is 19.3 Å². The van der Waals surface area contributed by atoms with Gasteiger partial charge in [0.25, 0.3) is 5.56 Å². The lowest BCUT2D eigenvalue weighted by Crippen LogP contribution is -2.35. The summed E-state index contributed by atoms with van der Waals surface area (Å²) in [7, 11) is 1.83. The molecule has 3 aliphatic heterocycles. The van der Waals surface area contributed by atoms with E-state index in [1.807, 2.05) is 11.7 Å². The molecule has 0 N–H and O–H groups in total. The molecule has 7 nitrogen and oxygen atoms in total. The fourth-order valence-electron chi connectivity index (χ4n) is 5.36. The molecular weight excluding hydrogens is 422 g/mol. The van der Waals surface area contributed by atoms with E-state index in [4.69, 9.17) is 9.72 Å². The van der Waals surface area contributed by atoms with E-state index in [0.717, 1.165) is 50.8 Å². The number of rotatable bonds is 2. The number of anilines is 1. The van der Waals surface area contributed by atoms with Crippen molar-refractivity contribution in [1.29, 1.82) is 0 Å². The summed E-state index contributed by atoms with van der Waals surface area (Å²) in [5, 5.41) is 5.14. The molecule has 1 unspecified atom stereocenters. The van der Waals surface area contributed by atoms with Gasteiger partial charge in [-0.15, -0.1) is 0 Å². The number of halogens is 1. The fourth-order valence-corrected chi connectivity index (χ4v) is 5.88. The Bertz CT molecular complexity index is 948. The third-order valence-corrected chi connectivity index (χ3v) is 7.52. The Kier molecular flexibility index (Phi) is 4.74.